The Labute approximate surface area is 93.5 Å². The van der Waals surface area contributed by atoms with Crippen molar-refractivity contribution in [1.29, 1.82) is 0 Å². The number of rotatable bonds is 3. The third-order valence-electron chi connectivity index (χ3n) is 1.81. The highest BCUT2D eigenvalue weighted by atomic mass is 16.5. The summed E-state index contributed by atoms with van der Waals surface area (Å²) in [6, 6.07) is 6.85. The van der Waals surface area contributed by atoms with Gasteiger partial charge in [-0.3, -0.25) is 4.79 Å². The van der Waals surface area contributed by atoms with Crippen LogP contribution in [0.5, 0.6) is 0 Å². The van der Waals surface area contributed by atoms with Crippen molar-refractivity contribution in [3.8, 4) is 11.8 Å². The summed E-state index contributed by atoms with van der Waals surface area (Å²) in [5, 5.41) is 0. The first-order valence-electron chi connectivity index (χ1n) is 4.58. The lowest BCUT2D eigenvalue weighted by Gasteiger charge is -1.96. The van der Waals surface area contributed by atoms with Crippen molar-refractivity contribution in [2.45, 2.75) is 0 Å². The minimum atomic E-state index is -0.384. The van der Waals surface area contributed by atoms with Gasteiger partial charge in [0.05, 0.1) is 0 Å². The van der Waals surface area contributed by atoms with E-state index in [-0.39, 0.29) is 5.78 Å². The van der Waals surface area contributed by atoms with Gasteiger partial charge in [-0.2, -0.15) is 4.79 Å². The van der Waals surface area contributed by atoms with Crippen LogP contribution in [0, 0.1) is 11.8 Å². The van der Waals surface area contributed by atoms with Crippen molar-refractivity contribution in [3.05, 3.63) is 40.9 Å². The van der Waals surface area contributed by atoms with Gasteiger partial charge in [-0.15, -0.1) is 0 Å². The summed E-state index contributed by atoms with van der Waals surface area (Å²) in [4.78, 5) is 14.2. The molecule has 0 N–H and O–H groups in total. The average molecular weight is 214 g/mol. The SMILES string of the molecule is COCC#Cc1ccccc1C(=O)C=[N+]=[N-]. The molecule has 0 saturated carbocycles. The molecule has 0 bridgehead atoms. The van der Waals surface area contributed by atoms with E-state index in [9.17, 15) is 4.79 Å². The molecule has 0 amide bonds. The Morgan fingerprint density at radius 2 is 2.31 bits per heavy atom. The smallest absolute Gasteiger partial charge is 0.328 e. The van der Waals surface area contributed by atoms with Gasteiger partial charge in [-0.05, 0) is 12.1 Å². The fourth-order valence-corrected chi connectivity index (χ4v) is 1.13. The Morgan fingerprint density at radius 3 is 3.00 bits per heavy atom. The average Bonchev–Trinajstić information content (AvgIpc) is 2.30. The first-order valence-corrected chi connectivity index (χ1v) is 4.58. The molecular weight excluding hydrogens is 204 g/mol. The first-order chi connectivity index (χ1) is 7.79. The van der Waals surface area contributed by atoms with E-state index in [4.69, 9.17) is 10.3 Å². The Bertz CT molecular complexity index is 491. The summed E-state index contributed by atoms with van der Waals surface area (Å²) in [7, 11) is 1.55. The molecule has 80 valence electrons. The summed E-state index contributed by atoms with van der Waals surface area (Å²) in [5.74, 6) is 5.19. The van der Waals surface area contributed by atoms with Crippen molar-refractivity contribution in [2.75, 3.05) is 13.7 Å². The number of benzene rings is 1. The van der Waals surface area contributed by atoms with Gasteiger partial charge in [0.2, 0.25) is 0 Å². The van der Waals surface area contributed by atoms with Gasteiger partial charge in [-0.1, -0.05) is 24.0 Å². The van der Waals surface area contributed by atoms with Crippen LogP contribution < -0.4 is 0 Å². The van der Waals surface area contributed by atoms with Crippen molar-refractivity contribution in [2.24, 2.45) is 0 Å². The minimum absolute atomic E-state index is 0.302. The molecule has 0 aliphatic carbocycles. The van der Waals surface area contributed by atoms with Crippen LogP contribution in [0.15, 0.2) is 24.3 Å². The van der Waals surface area contributed by atoms with E-state index < -0.39 is 0 Å². The number of hydrogen-bond acceptors (Lipinski definition) is 2. The molecule has 4 nitrogen and oxygen atoms in total. The third kappa shape index (κ3) is 3.18. The fraction of sp³-hybridized carbons (Fsp3) is 0.167. The van der Waals surface area contributed by atoms with Crippen LogP contribution in [0.4, 0.5) is 0 Å². The molecule has 1 aromatic carbocycles. The number of Topliss-reactive ketones (excluding diaryl/α,β-unsaturated/α-hetero) is 1. The van der Waals surface area contributed by atoms with Crippen molar-refractivity contribution in [1.82, 2.24) is 0 Å². The zero-order valence-electron chi connectivity index (χ0n) is 8.80. The quantitative estimate of drug-likeness (QED) is 0.249. The Morgan fingerprint density at radius 1 is 1.56 bits per heavy atom. The number of ketones is 1. The topological polar surface area (TPSA) is 62.7 Å². The third-order valence-corrected chi connectivity index (χ3v) is 1.81. The monoisotopic (exact) mass is 214 g/mol. The predicted octanol–water partition coefficient (Wildman–Crippen LogP) is 1.17. The van der Waals surface area contributed by atoms with Gasteiger partial charge in [0.15, 0.2) is 0 Å². The number of carbonyl (C=O) groups excluding carboxylic acids is 1. The second kappa shape index (κ2) is 6.31. The standard InChI is InChI=1S/C12H10N2O2/c1-16-8-4-6-10-5-2-3-7-11(10)12(15)9-14-13/h2-3,5,7,9H,8H2,1H3. The highest BCUT2D eigenvalue weighted by Gasteiger charge is 2.10. The molecule has 0 aromatic heterocycles. The number of methoxy groups -OCH3 is 1. The van der Waals surface area contributed by atoms with Gasteiger partial charge in [0.1, 0.15) is 6.61 Å². The van der Waals surface area contributed by atoms with Crippen LogP contribution in [0.1, 0.15) is 15.9 Å². The van der Waals surface area contributed by atoms with E-state index in [1.54, 1.807) is 31.4 Å². The maximum absolute atomic E-state index is 11.5. The molecule has 1 aromatic rings. The largest absolute Gasteiger partial charge is 0.372 e. The summed E-state index contributed by atoms with van der Waals surface area (Å²) in [6.45, 7) is 0.302. The van der Waals surface area contributed by atoms with E-state index >= 15 is 0 Å². The van der Waals surface area contributed by atoms with Gasteiger partial charge >= 0.3 is 6.21 Å². The van der Waals surface area contributed by atoms with Crippen LogP contribution >= 0.6 is 0 Å². The van der Waals surface area contributed by atoms with Crippen molar-refractivity contribution < 1.29 is 14.3 Å². The van der Waals surface area contributed by atoms with Gasteiger partial charge < -0.3 is 10.3 Å². The molecule has 0 aliphatic heterocycles. The molecule has 4 heteroatoms. The van der Waals surface area contributed by atoms with Crippen LogP contribution in [0.25, 0.3) is 5.53 Å². The van der Waals surface area contributed by atoms with E-state index in [1.165, 1.54) is 0 Å². The first kappa shape index (κ1) is 11.9. The van der Waals surface area contributed by atoms with Crippen molar-refractivity contribution in [3.63, 3.8) is 0 Å². The Hall–Kier alpha value is -2.21. The number of ether oxygens (including phenoxy) is 1. The van der Waals surface area contributed by atoms with E-state index in [1.807, 2.05) is 0 Å². The molecule has 0 aliphatic rings. The van der Waals surface area contributed by atoms with Crippen LogP contribution in [0.3, 0.4) is 0 Å². The highest BCUT2D eigenvalue weighted by molar-refractivity contribution is 6.34. The zero-order chi connectivity index (χ0) is 11.8. The highest BCUT2D eigenvalue weighted by Crippen LogP contribution is 2.06. The Balaban J connectivity index is 3.06. The molecule has 0 heterocycles. The molecule has 0 atom stereocenters. The van der Waals surface area contributed by atoms with Gasteiger partial charge in [0, 0.05) is 18.2 Å². The van der Waals surface area contributed by atoms with Crippen LogP contribution in [0.2, 0.25) is 0 Å². The van der Waals surface area contributed by atoms with Crippen LogP contribution in [-0.2, 0) is 4.74 Å². The van der Waals surface area contributed by atoms with Gasteiger partial charge in [-0.25, -0.2) is 0 Å². The molecule has 1 rings (SSSR count). The second-order valence-corrected chi connectivity index (χ2v) is 2.89. The van der Waals surface area contributed by atoms with Gasteiger partial charge in [0.25, 0.3) is 5.78 Å². The summed E-state index contributed by atoms with van der Waals surface area (Å²) in [5.41, 5.74) is 9.29. The van der Waals surface area contributed by atoms with E-state index in [0.29, 0.717) is 17.7 Å². The zero-order valence-corrected chi connectivity index (χ0v) is 8.80. The summed E-state index contributed by atoms with van der Waals surface area (Å²) >= 11 is 0. The molecule has 0 spiro atoms. The molecule has 0 radical (unpaired) electrons. The number of carbonyl (C=O) groups is 1. The second-order valence-electron chi connectivity index (χ2n) is 2.89. The van der Waals surface area contributed by atoms with E-state index in [2.05, 4.69) is 16.6 Å². The fourth-order valence-electron chi connectivity index (χ4n) is 1.13. The van der Waals surface area contributed by atoms with E-state index in [0.717, 1.165) is 6.21 Å². The summed E-state index contributed by atoms with van der Waals surface area (Å²) in [6.07, 6.45) is 0.844. The van der Waals surface area contributed by atoms with Crippen LogP contribution in [-0.4, -0.2) is 30.5 Å². The molecular formula is C12H10N2O2. The lowest BCUT2D eigenvalue weighted by atomic mass is 10.0. The normalized spacial score (nSPS) is 8.56. The van der Waals surface area contributed by atoms with Crippen molar-refractivity contribution >= 4 is 12.0 Å². The maximum atomic E-state index is 11.5. The number of hydrogen-bond donors (Lipinski definition) is 0. The molecule has 0 unspecified atom stereocenters. The number of nitrogens with zero attached hydrogens (tertiary/aromatic N) is 2. The Kier molecular flexibility index (Phi) is 4.68. The minimum Gasteiger partial charge on any atom is -0.372 e. The maximum Gasteiger partial charge on any atom is 0.328 e. The molecule has 0 saturated heterocycles. The summed E-state index contributed by atoms with van der Waals surface area (Å²) < 4.78 is 4.79. The lowest BCUT2D eigenvalue weighted by Crippen LogP contribution is -2.03. The molecule has 16 heavy (non-hydrogen) atoms. The molecule has 0 fully saturated rings. The lowest BCUT2D eigenvalue weighted by molar-refractivity contribution is 0.00234. The predicted molar refractivity (Wildman–Crippen MR) is 59.2 cm³/mol.